The van der Waals surface area contributed by atoms with Crippen molar-refractivity contribution in [2.75, 3.05) is 0 Å². The van der Waals surface area contributed by atoms with Gasteiger partial charge in [0.05, 0.1) is 31.6 Å². The van der Waals surface area contributed by atoms with Crippen LogP contribution in [0.15, 0.2) is 122 Å². The van der Waals surface area contributed by atoms with Gasteiger partial charge in [0.25, 0.3) is 5.56 Å². The molecule has 0 N–H and O–H groups in total. The second-order valence-electron chi connectivity index (χ2n) is 9.63. The second kappa shape index (κ2) is 11.8. The smallest absolute Gasteiger partial charge is 0.416 e. The third-order valence-electron chi connectivity index (χ3n) is 6.80. The van der Waals surface area contributed by atoms with Crippen molar-refractivity contribution in [3.63, 3.8) is 0 Å². The first-order valence-corrected chi connectivity index (χ1v) is 14.6. The molecule has 0 radical (unpaired) electrons. The third-order valence-corrected chi connectivity index (χ3v) is 7.97. The van der Waals surface area contributed by atoms with Gasteiger partial charge in [-0.1, -0.05) is 66.7 Å². The van der Waals surface area contributed by atoms with Gasteiger partial charge in [-0.25, -0.2) is 4.98 Å². The van der Waals surface area contributed by atoms with Crippen molar-refractivity contribution in [3.05, 3.63) is 139 Å². The molecular formula is C33H20Br2F3N3O2. The minimum Gasteiger partial charge on any atom is -0.487 e. The van der Waals surface area contributed by atoms with Crippen LogP contribution in [-0.4, -0.2) is 15.9 Å². The number of para-hydroxylation sites is 1. The van der Waals surface area contributed by atoms with Crippen LogP contribution in [0.1, 0.15) is 16.7 Å². The Hall–Kier alpha value is -4.28. The van der Waals surface area contributed by atoms with Crippen LogP contribution in [-0.2, 0) is 12.8 Å². The van der Waals surface area contributed by atoms with Crippen molar-refractivity contribution in [1.82, 2.24) is 9.66 Å². The van der Waals surface area contributed by atoms with E-state index >= 15 is 0 Å². The molecule has 6 rings (SSSR count). The lowest BCUT2D eigenvalue weighted by Gasteiger charge is -2.13. The molecule has 0 aliphatic carbocycles. The SMILES string of the molecule is O=c1c2ccccc2nc(-c2cccc(C(F)(F)F)c2)n1N=Cc1cc(Br)c(OCc2cccc3ccccc23)c(Br)c1. The molecule has 1 aromatic heterocycles. The fourth-order valence-electron chi connectivity index (χ4n) is 4.74. The molecule has 0 unspecified atom stereocenters. The quantitative estimate of drug-likeness (QED) is 0.162. The molecule has 214 valence electrons. The van der Waals surface area contributed by atoms with Gasteiger partial charge in [0.15, 0.2) is 5.82 Å². The molecular weight excluding hydrogens is 687 g/mol. The van der Waals surface area contributed by atoms with E-state index in [4.69, 9.17) is 4.74 Å². The molecule has 43 heavy (non-hydrogen) atoms. The normalized spacial score (nSPS) is 11.9. The molecule has 0 aliphatic rings. The number of aromatic nitrogens is 2. The van der Waals surface area contributed by atoms with Crippen molar-refractivity contribution < 1.29 is 17.9 Å². The number of hydrogen-bond acceptors (Lipinski definition) is 4. The van der Waals surface area contributed by atoms with Gasteiger partial charge in [-0.15, -0.1) is 0 Å². The maximum atomic E-state index is 13.5. The minimum absolute atomic E-state index is 0.0146. The minimum atomic E-state index is -4.56. The molecule has 0 amide bonds. The number of halogens is 5. The molecule has 5 aromatic carbocycles. The van der Waals surface area contributed by atoms with Crippen molar-refractivity contribution in [1.29, 1.82) is 0 Å². The van der Waals surface area contributed by atoms with Crippen LogP contribution < -0.4 is 10.3 Å². The van der Waals surface area contributed by atoms with Gasteiger partial charge < -0.3 is 4.74 Å². The number of alkyl halides is 3. The predicted octanol–water partition coefficient (Wildman–Crippen LogP) is 9.22. The highest BCUT2D eigenvalue weighted by atomic mass is 79.9. The summed E-state index contributed by atoms with van der Waals surface area (Å²) in [4.78, 5) is 18.0. The van der Waals surface area contributed by atoms with E-state index in [0.29, 0.717) is 32.4 Å². The zero-order valence-electron chi connectivity index (χ0n) is 22.1. The van der Waals surface area contributed by atoms with Gasteiger partial charge in [-0.3, -0.25) is 4.79 Å². The van der Waals surface area contributed by atoms with Crippen molar-refractivity contribution in [2.45, 2.75) is 12.8 Å². The fraction of sp³-hybridized carbons (Fsp3) is 0.0606. The van der Waals surface area contributed by atoms with Crippen LogP contribution in [0, 0.1) is 0 Å². The Kier molecular flexibility index (Phi) is 7.89. The Bertz CT molecular complexity index is 2060. The first-order valence-electron chi connectivity index (χ1n) is 13.0. The van der Waals surface area contributed by atoms with Crippen LogP contribution >= 0.6 is 31.9 Å². The van der Waals surface area contributed by atoms with Gasteiger partial charge in [0.1, 0.15) is 12.4 Å². The standard InChI is InChI=1S/C33H20Br2F3N3O2/c34-27-15-20(16-28(35)30(27)43-19-23-10-5-8-21-7-1-2-12-25(21)23)18-39-41-31(22-9-6-11-24(17-22)33(36,37)38)40-29-14-4-3-13-26(29)32(41)42/h1-18H,19H2. The predicted molar refractivity (Wildman–Crippen MR) is 170 cm³/mol. The molecule has 0 saturated heterocycles. The molecule has 5 nitrogen and oxygen atoms in total. The summed E-state index contributed by atoms with van der Waals surface area (Å²) in [6.07, 6.45) is -3.11. The van der Waals surface area contributed by atoms with Gasteiger partial charge >= 0.3 is 6.18 Å². The summed E-state index contributed by atoms with van der Waals surface area (Å²) in [5.41, 5.74) is 0.732. The Morgan fingerprint density at radius 2 is 1.51 bits per heavy atom. The van der Waals surface area contributed by atoms with Crippen LogP contribution in [0.3, 0.4) is 0 Å². The molecule has 0 atom stereocenters. The lowest BCUT2D eigenvalue weighted by molar-refractivity contribution is -0.137. The molecule has 0 spiro atoms. The van der Waals surface area contributed by atoms with Gasteiger partial charge in [0.2, 0.25) is 0 Å². The lowest BCUT2D eigenvalue weighted by atomic mass is 10.1. The second-order valence-corrected chi connectivity index (χ2v) is 11.3. The van der Waals surface area contributed by atoms with Crippen LogP contribution in [0.5, 0.6) is 5.75 Å². The maximum absolute atomic E-state index is 13.5. The maximum Gasteiger partial charge on any atom is 0.416 e. The lowest BCUT2D eigenvalue weighted by Crippen LogP contribution is -2.20. The third kappa shape index (κ3) is 5.98. The molecule has 0 saturated carbocycles. The Morgan fingerprint density at radius 3 is 2.28 bits per heavy atom. The topological polar surface area (TPSA) is 56.5 Å². The van der Waals surface area contributed by atoms with E-state index in [9.17, 15) is 18.0 Å². The average molecular weight is 707 g/mol. The van der Waals surface area contributed by atoms with E-state index < -0.39 is 17.3 Å². The van der Waals surface area contributed by atoms with Crippen LogP contribution in [0.25, 0.3) is 33.1 Å². The number of ether oxygens (including phenoxy) is 1. The van der Waals surface area contributed by atoms with E-state index in [2.05, 4.69) is 48.0 Å². The van der Waals surface area contributed by atoms with Gasteiger partial charge in [-0.05, 0) is 90.2 Å². The van der Waals surface area contributed by atoms with E-state index in [1.165, 1.54) is 18.3 Å². The molecule has 10 heteroatoms. The zero-order chi connectivity index (χ0) is 30.1. The van der Waals surface area contributed by atoms with E-state index in [0.717, 1.165) is 33.1 Å². The molecule has 0 fully saturated rings. The monoisotopic (exact) mass is 705 g/mol. The molecule has 0 bridgehead atoms. The van der Waals surface area contributed by atoms with E-state index in [1.54, 1.807) is 36.4 Å². The first kappa shape index (κ1) is 28.8. The Balaban J connectivity index is 1.35. The molecule has 1 heterocycles. The highest BCUT2D eigenvalue weighted by molar-refractivity contribution is 9.11. The zero-order valence-corrected chi connectivity index (χ0v) is 25.3. The largest absolute Gasteiger partial charge is 0.487 e. The highest BCUT2D eigenvalue weighted by Crippen LogP contribution is 2.36. The van der Waals surface area contributed by atoms with Crippen LogP contribution in [0.4, 0.5) is 13.2 Å². The van der Waals surface area contributed by atoms with Gasteiger partial charge in [-0.2, -0.15) is 22.9 Å². The summed E-state index contributed by atoms with van der Waals surface area (Å²) < 4.78 is 48.9. The van der Waals surface area contributed by atoms with Crippen LogP contribution in [0.2, 0.25) is 0 Å². The molecule has 0 aliphatic heterocycles. The summed E-state index contributed by atoms with van der Waals surface area (Å²) >= 11 is 7.14. The number of fused-ring (bicyclic) bond motifs is 2. The van der Waals surface area contributed by atoms with Gasteiger partial charge in [0, 0.05) is 5.56 Å². The Labute approximate surface area is 260 Å². The van der Waals surface area contributed by atoms with Crippen molar-refractivity contribution in [2.24, 2.45) is 5.10 Å². The Morgan fingerprint density at radius 1 is 0.837 bits per heavy atom. The molecule has 6 aromatic rings. The summed E-state index contributed by atoms with van der Waals surface area (Å²) in [6, 6.07) is 29.0. The summed E-state index contributed by atoms with van der Waals surface area (Å²) in [6.45, 7) is 0.338. The highest BCUT2D eigenvalue weighted by Gasteiger charge is 2.31. The number of hydrogen-bond donors (Lipinski definition) is 0. The van der Waals surface area contributed by atoms with E-state index in [-0.39, 0.29) is 16.8 Å². The summed E-state index contributed by atoms with van der Waals surface area (Å²) in [5, 5.41) is 6.90. The number of rotatable bonds is 6. The fourth-order valence-corrected chi connectivity index (χ4v) is 6.19. The summed E-state index contributed by atoms with van der Waals surface area (Å²) in [7, 11) is 0. The van der Waals surface area contributed by atoms with E-state index in [1.807, 2.05) is 36.4 Å². The van der Waals surface area contributed by atoms with Crippen molar-refractivity contribution >= 4 is 59.7 Å². The first-order chi connectivity index (χ1) is 20.7. The number of nitrogens with zero attached hydrogens (tertiary/aromatic N) is 3. The average Bonchev–Trinajstić information content (AvgIpc) is 3.00. The number of benzene rings is 5. The summed E-state index contributed by atoms with van der Waals surface area (Å²) in [5.74, 6) is 0.568. The van der Waals surface area contributed by atoms with Crippen molar-refractivity contribution in [3.8, 4) is 17.1 Å².